The molecule has 2 N–H and O–H groups in total. The summed E-state index contributed by atoms with van der Waals surface area (Å²) in [5.41, 5.74) is 7.27. The van der Waals surface area contributed by atoms with Gasteiger partial charge in [0.05, 0.1) is 24.7 Å². The summed E-state index contributed by atoms with van der Waals surface area (Å²) in [6.45, 7) is 3.58. The highest BCUT2D eigenvalue weighted by Gasteiger charge is 2.27. The van der Waals surface area contributed by atoms with Gasteiger partial charge in [-0.25, -0.2) is 4.98 Å². The Kier molecular flexibility index (Phi) is 4.55. The van der Waals surface area contributed by atoms with E-state index in [4.69, 9.17) is 10.5 Å². The van der Waals surface area contributed by atoms with E-state index in [9.17, 15) is 4.79 Å². The molecule has 3 rings (SSSR count). The van der Waals surface area contributed by atoms with Gasteiger partial charge in [-0.15, -0.1) is 0 Å². The number of carbonyl (C=O) groups excluding carboxylic acids is 1. The highest BCUT2D eigenvalue weighted by atomic mass is 16.5. The number of amides is 1. The zero-order valence-electron chi connectivity index (χ0n) is 12.4. The summed E-state index contributed by atoms with van der Waals surface area (Å²) >= 11 is 0. The smallest absolute Gasteiger partial charge is 0.242 e. The molecule has 0 aromatic carbocycles. The van der Waals surface area contributed by atoms with Gasteiger partial charge in [0.25, 0.3) is 0 Å². The Morgan fingerprint density at radius 3 is 2.95 bits per heavy atom. The molecule has 0 aliphatic carbocycles. The Labute approximate surface area is 125 Å². The molecule has 0 spiro atoms. The van der Waals surface area contributed by atoms with Crippen molar-refractivity contribution >= 4 is 5.91 Å². The van der Waals surface area contributed by atoms with Crippen LogP contribution in [0.3, 0.4) is 0 Å². The minimum absolute atomic E-state index is 0.107. The zero-order chi connectivity index (χ0) is 14.7. The molecule has 2 saturated heterocycles. The van der Waals surface area contributed by atoms with E-state index in [1.165, 1.54) is 6.42 Å². The number of nitrogens with zero attached hydrogens (tertiary/aromatic N) is 3. The van der Waals surface area contributed by atoms with Crippen LogP contribution in [0.5, 0.6) is 0 Å². The number of hydrogen-bond donors (Lipinski definition) is 1. The first-order valence-electron chi connectivity index (χ1n) is 7.87. The van der Waals surface area contributed by atoms with Crippen LogP contribution >= 0.6 is 0 Å². The van der Waals surface area contributed by atoms with E-state index < -0.39 is 0 Å². The summed E-state index contributed by atoms with van der Waals surface area (Å²) in [4.78, 5) is 18.5. The van der Waals surface area contributed by atoms with Crippen LogP contribution in [0.2, 0.25) is 0 Å². The lowest BCUT2D eigenvalue weighted by molar-refractivity contribution is -0.132. The number of piperidine rings is 1. The second-order valence-electron chi connectivity index (χ2n) is 6.04. The topological polar surface area (TPSA) is 73.4 Å². The van der Waals surface area contributed by atoms with E-state index in [1.54, 1.807) is 12.5 Å². The summed E-state index contributed by atoms with van der Waals surface area (Å²) in [5.74, 6) is 0.495. The number of rotatable bonds is 4. The highest BCUT2D eigenvalue weighted by Crippen LogP contribution is 2.26. The van der Waals surface area contributed by atoms with Crippen molar-refractivity contribution in [2.45, 2.75) is 38.3 Å². The molecule has 3 heterocycles. The van der Waals surface area contributed by atoms with Crippen molar-refractivity contribution in [1.29, 1.82) is 0 Å². The molecule has 6 heteroatoms. The van der Waals surface area contributed by atoms with Gasteiger partial charge in [0, 0.05) is 31.8 Å². The van der Waals surface area contributed by atoms with E-state index in [-0.39, 0.29) is 11.9 Å². The molecule has 2 aliphatic rings. The van der Waals surface area contributed by atoms with E-state index in [1.807, 2.05) is 9.47 Å². The monoisotopic (exact) mass is 292 g/mol. The second-order valence-corrected chi connectivity index (χ2v) is 6.04. The molecule has 0 bridgehead atoms. The highest BCUT2D eigenvalue weighted by molar-refractivity contribution is 5.76. The molecule has 21 heavy (non-hydrogen) atoms. The maximum atomic E-state index is 12.4. The number of imidazole rings is 1. The number of ether oxygens (including phenoxy) is 1. The molecule has 1 amide bonds. The molecule has 6 nitrogen and oxygen atoms in total. The first kappa shape index (κ1) is 14.5. The third-order valence-electron chi connectivity index (χ3n) is 4.57. The normalized spacial score (nSPS) is 24.2. The van der Waals surface area contributed by atoms with Crippen molar-refractivity contribution in [2.75, 3.05) is 26.3 Å². The molecule has 2 unspecified atom stereocenters. The first-order valence-corrected chi connectivity index (χ1v) is 7.87. The van der Waals surface area contributed by atoms with Crippen molar-refractivity contribution in [1.82, 2.24) is 14.5 Å². The zero-order valence-corrected chi connectivity index (χ0v) is 12.4. The molecule has 1 aromatic heterocycles. The van der Waals surface area contributed by atoms with Crippen molar-refractivity contribution in [3.8, 4) is 0 Å². The largest absolute Gasteiger partial charge is 0.381 e. The minimum Gasteiger partial charge on any atom is -0.381 e. The van der Waals surface area contributed by atoms with Crippen LogP contribution in [0.1, 0.15) is 37.4 Å². The molecule has 2 atom stereocenters. The lowest BCUT2D eigenvalue weighted by atomic mass is 9.97. The predicted molar refractivity (Wildman–Crippen MR) is 78.5 cm³/mol. The van der Waals surface area contributed by atoms with E-state index >= 15 is 0 Å². The van der Waals surface area contributed by atoms with Crippen LogP contribution in [-0.2, 0) is 16.1 Å². The van der Waals surface area contributed by atoms with Crippen LogP contribution < -0.4 is 5.73 Å². The summed E-state index contributed by atoms with van der Waals surface area (Å²) in [6, 6.07) is -0.107. The fourth-order valence-corrected chi connectivity index (χ4v) is 3.21. The van der Waals surface area contributed by atoms with Crippen LogP contribution in [0.15, 0.2) is 12.5 Å². The Morgan fingerprint density at radius 1 is 1.43 bits per heavy atom. The van der Waals surface area contributed by atoms with Gasteiger partial charge >= 0.3 is 0 Å². The van der Waals surface area contributed by atoms with Gasteiger partial charge in [-0.3, -0.25) is 4.79 Å². The Bertz CT molecular complexity index is 476. The molecule has 0 saturated carbocycles. The average Bonchev–Trinajstić information content (AvgIpc) is 3.19. The van der Waals surface area contributed by atoms with Gasteiger partial charge in [-0.05, 0) is 25.7 Å². The molecule has 0 radical (unpaired) electrons. The Hall–Kier alpha value is -1.40. The molecule has 116 valence electrons. The molecular weight excluding hydrogens is 268 g/mol. The molecule has 2 fully saturated rings. The van der Waals surface area contributed by atoms with Crippen LogP contribution in [0, 0.1) is 5.92 Å². The van der Waals surface area contributed by atoms with E-state index in [2.05, 4.69) is 4.98 Å². The van der Waals surface area contributed by atoms with Gasteiger partial charge in [-0.2, -0.15) is 0 Å². The summed E-state index contributed by atoms with van der Waals surface area (Å²) in [6.07, 6.45) is 7.93. The lowest BCUT2D eigenvalue weighted by Crippen LogP contribution is -2.38. The predicted octanol–water partition coefficient (Wildman–Crippen LogP) is 0.932. The molecule has 2 aliphatic heterocycles. The van der Waals surface area contributed by atoms with Crippen molar-refractivity contribution in [3.63, 3.8) is 0 Å². The quantitative estimate of drug-likeness (QED) is 0.896. The van der Waals surface area contributed by atoms with E-state index in [0.29, 0.717) is 19.1 Å². The van der Waals surface area contributed by atoms with E-state index in [0.717, 1.165) is 44.7 Å². The Morgan fingerprint density at radius 2 is 2.24 bits per heavy atom. The fraction of sp³-hybridized carbons (Fsp3) is 0.733. The molecular formula is C15H24N4O2. The van der Waals surface area contributed by atoms with Crippen LogP contribution in [0.25, 0.3) is 0 Å². The average molecular weight is 292 g/mol. The number of likely N-dealkylation sites (tertiary alicyclic amines) is 1. The van der Waals surface area contributed by atoms with Gasteiger partial charge in [0.2, 0.25) is 5.91 Å². The lowest BCUT2D eigenvalue weighted by Gasteiger charge is -2.27. The van der Waals surface area contributed by atoms with Crippen LogP contribution in [-0.4, -0.2) is 46.7 Å². The minimum atomic E-state index is -0.107. The van der Waals surface area contributed by atoms with Gasteiger partial charge in [0.15, 0.2) is 0 Å². The summed E-state index contributed by atoms with van der Waals surface area (Å²) in [5, 5.41) is 0. The third-order valence-corrected chi connectivity index (χ3v) is 4.57. The third kappa shape index (κ3) is 3.27. The maximum Gasteiger partial charge on any atom is 0.242 e. The van der Waals surface area contributed by atoms with Gasteiger partial charge < -0.3 is 19.9 Å². The second kappa shape index (κ2) is 6.58. The first-order chi connectivity index (χ1) is 10.3. The van der Waals surface area contributed by atoms with Crippen LogP contribution in [0.4, 0.5) is 0 Å². The van der Waals surface area contributed by atoms with Gasteiger partial charge in [-0.1, -0.05) is 0 Å². The Balaban J connectivity index is 1.65. The number of hydrogen-bond acceptors (Lipinski definition) is 4. The summed E-state index contributed by atoms with van der Waals surface area (Å²) in [7, 11) is 0. The number of aromatic nitrogens is 2. The molecule has 1 aromatic rings. The SMILES string of the molecule is NC(c1cncn1CC(=O)N1CCCCC1)C1CCOC1. The maximum absolute atomic E-state index is 12.4. The van der Waals surface area contributed by atoms with Crippen molar-refractivity contribution in [2.24, 2.45) is 11.7 Å². The van der Waals surface area contributed by atoms with Crippen molar-refractivity contribution < 1.29 is 9.53 Å². The summed E-state index contributed by atoms with van der Waals surface area (Å²) < 4.78 is 7.31. The fourth-order valence-electron chi connectivity index (χ4n) is 3.21. The van der Waals surface area contributed by atoms with Crippen molar-refractivity contribution in [3.05, 3.63) is 18.2 Å². The number of carbonyl (C=O) groups is 1. The van der Waals surface area contributed by atoms with Gasteiger partial charge in [0.1, 0.15) is 6.54 Å². The standard InChI is InChI=1S/C15H24N4O2/c16-15(12-4-7-21-10-12)13-8-17-11-19(13)9-14(20)18-5-2-1-3-6-18/h8,11-12,15H,1-7,9-10,16H2. The number of nitrogens with two attached hydrogens (primary N) is 1.